The molecular formula is C20H22FNO5S. The molecule has 0 aliphatic rings. The highest BCUT2D eigenvalue weighted by atomic mass is 32.2. The van der Waals surface area contributed by atoms with Gasteiger partial charge in [0.1, 0.15) is 5.82 Å². The fraction of sp³-hybridized carbons (Fsp3) is 0.300. The number of hydrogen-bond donors (Lipinski definition) is 1. The third-order valence-electron chi connectivity index (χ3n) is 4.05. The van der Waals surface area contributed by atoms with E-state index in [0.717, 1.165) is 36.2 Å². The zero-order valence-electron chi connectivity index (χ0n) is 15.6. The van der Waals surface area contributed by atoms with Crippen LogP contribution in [-0.2, 0) is 30.6 Å². The molecule has 1 N–H and O–H groups in total. The number of amides is 1. The monoisotopic (exact) mass is 407 g/mol. The lowest BCUT2D eigenvalue weighted by atomic mass is 10.1. The molecule has 0 aliphatic carbocycles. The van der Waals surface area contributed by atoms with E-state index in [1.165, 1.54) is 6.92 Å². The van der Waals surface area contributed by atoms with Crippen molar-refractivity contribution in [3.8, 4) is 0 Å². The van der Waals surface area contributed by atoms with Gasteiger partial charge in [0, 0.05) is 5.69 Å². The lowest BCUT2D eigenvalue weighted by Crippen LogP contribution is -2.30. The van der Waals surface area contributed by atoms with Crippen LogP contribution in [0.5, 0.6) is 0 Å². The fourth-order valence-corrected chi connectivity index (χ4v) is 3.58. The maximum atomic E-state index is 12.9. The van der Waals surface area contributed by atoms with Gasteiger partial charge in [0.2, 0.25) is 0 Å². The Balaban J connectivity index is 1.85. The van der Waals surface area contributed by atoms with Crippen LogP contribution in [0.2, 0.25) is 0 Å². The van der Waals surface area contributed by atoms with Crippen molar-refractivity contribution in [1.29, 1.82) is 0 Å². The number of ether oxygens (including phenoxy) is 1. The van der Waals surface area contributed by atoms with Gasteiger partial charge in [0.25, 0.3) is 5.91 Å². The molecule has 8 heteroatoms. The molecule has 0 heterocycles. The maximum absolute atomic E-state index is 12.9. The summed E-state index contributed by atoms with van der Waals surface area (Å²) in [7, 11) is -3.75. The van der Waals surface area contributed by atoms with E-state index in [1.54, 1.807) is 12.1 Å². The summed E-state index contributed by atoms with van der Waals surface area (Å²) in [4.78, 5) is 23.9. The highest BCUT2D eigenvalue weighted by molar-refractivity contribution is 7.91. The Morgan fingerprint density at radius 1 is 1.07 bits per heavy atom. The Labute approximate surface area is 163 Å². The summed E-state index contributed by atoms with van der Waals surface area (Å²) in [5, 5.41) is 2.63. The molecular weight excluding hydrogens is 385 g/mol. The first kappa shape index (κ1) is 21.6. The minimum absolute atomic E-state index is 0.0805. The third-order valence-corrected chi connectivity index (χ3v) is 5.79. The molecule has 6 nitrogen and oxygen atoms in total. The van der Waals surface area contributed by atoms with Crippen LogP contribution in [-0.4, -0.2) is 32.2 Å². The van der Waals surface area contributed by atoms with Crippen LogP contribution in [0.3, 0.4) is 0 Å². The topological polar surface area (TPSA) is 89.5 Å². The second kappa shape index (κ2) is 9.45. The molecule has 0 bridgehead atoms. The lowest BCUT2D eigenvalue weighted by Gasteiger charge is -2.14. The summed E-state index contributed by atoms with van der Waals surface area (Å²) >= 11 is 0. The average molecular weight is 407 g/mol. The van der Waals surface area contributed by atoms with Gasteiger partial charge in [0.05, 0.1) is 17.1 Å². The molecule has 2 aromatic rings. The van der Waals surface area contributed by atoms with Crippen LogP contribution in [0.25, 0.3) is 0 Å². The van der Waals surface area contributed by atoms with E-state index in [0.29, 0.717) is 5.69 Å². The fourth-order valence-electron chi connectivity index (χ4n) is 2.35. The highest BCUT2D eigenvalue weighted by Gasteiger charge is 2.21. The number of halogens is 1. The number of esters is 1. The van der Waals surface area contributed by atoms with Crippen molar-refractivity contribution < 1.29 is 27.1 Å². The van der Waals surface area contributed by atoms with E-state index in [4.69, 9.17) is 4.74 Å². The second-order valence-electron chi connectivity index (χ2n) is 6.19. The van der Waals surface area contributed by atoms with Gasteiger partial charge in [-0.3, -0.25) is 9.59 Å². The molecule has 0 spiro atoms. The second-order valence-corrected chi connectivity index (χ2v) is 8.30. The average Bonchev–Trinajstić information content (AvgIpc) is 2.67. The van der Waals surface area contributed by atoms with E-state index < -0.39 is 45.8 Å². The first-order valence-electron chi connectivity index (χ1n) is 8.79. The molecule has 0 unspecified atom stereocenters. The van der Waals surface area contributed by atoms with Gasteiger partial charge in [-0.15, -0.1) is 0 Å². The number of nitrogens with one attached hydrogen (secondary N) is 1. The number of rotatable bonds is 8. The zero-order chi connectivity index (χ0) is 20.7. The predicted octanol–water partition coefficient (Wildman–Crippen LogP) is 3.12. The Morgan fingerprint density at radius 3 is 2.25 bits per heavy atom. The third kappa shape index (κ3) is 6.16. The standard InChI is InChI=1S/C20H22FNO5S/c1-3-15-4-8-17(9-5-15)22-20(24)14(2)27-19(23)12-13-28(25,26)18-10-6-16(21)7-11-18/h4-11,14H,3,12-13H2,1-2H3,(H,22,24)/t14-/m1/s1. The van der Waals surface area contributed by atoms with Crippen molar-refractivity contribution in [1.82, 2.24) is 0 Å². The Morgan fingerprint density at radius 2 is 1.68 bits per heavy atom. The van der Waals surface area contributed by atoms with E-state index in [-0.39, 0.29) is 4.90 Å². The molecule has 0 saturated carbocycles. The molecule has 0 radical (unpaired) electrons. The summed E-state index contributed by atoms with van der Waals surface area (Å²) in [6.07, 6.45) is -0.613. The molecule has 2 rings (SSSR count). The number of sulfone groups is 1. The zero-order valence-corrected chi connectivity index (χ0v) is 16.5. The predicted molar refractivity (Wildman–Crippen MR) is 103 cm³/mol. The molecule has 0 aliphatic heterocycles. The Kier molecular flexibility index (Phi) is 7.28. The summed E-state index contributed by atoms with van der Waals surface area (Å²) < 4.78 is 42.2. The minimum Gasteiger partial charge on any atom is -0.453 e. The number of carbonyl (C=O) groups is 2. The van der Waals surface area contributed by atoms with E-state index in [9.17, 15) is 22.4 Å². The largest absolute Gasteiger partial charge is 0.453 e. The molecule has 0 aromatic heterocycles. The van der Waals surface area contributed by atoms with Gasteiger partial charge in [-0.1, -0.05) is 19.1 Å². The van der Waals surface area contributed by atoms with E-state index in [1.807, 2.05) is 19.1 Å². The minimum atomic E-state index is -3.75. The van der Waals surface area contributed by atoms with Crippen molar-refractivity contribution in [2.24, 2.45) is 0 Å². The van der Waals surface area contributed by atoms with E-state index >= 15 is 0 Å². The normalized spacial score (nSPS) is 12.2. The number of anilines is 1. The highest BCUT2D eigenvalue weighted by Crippen LogP contribution is 2.14. The van der Waals surface area contributed by atoms with Crippen LogP contribution in [0.4, 0.5) is 10.1 Å². The van der Waals surface area contributed by atoms with Gasteiger partial charge in [-0.05, 0) is 55.3 Å². The van der Waals surface area contributed by atoms with Crippen molar-refractivity contribution in [3.63, 3.8) is 0 Å². The van der Waals surface area contributed by atoms with Crippen LogP contribution in [0, 0.1) is 5.82 Å². The summed E-state index contributed by atoms with van der Waals surface area (Å²) in [5.41, 5.74) is 1.70. The van der Waals surface area contributed by atoms with Gasteiger partial charge in [-0.25, -0.2) is 12.8 Å². The molecule has 2 aromatic carbocycles. The van der Waals surface area contributed by atoms with Crippen LogP contribution < -0.4 is 5.32 Å². The maximum Gasteiger partial charge on any atom is 0.307 e. The number of aryl methyl sites for hydroxylation is 1. The molecule has 28 heavy (non-hydrogen) atoms. The first-order valence-corrected chi connectivity index (χ1v) is 10.4. The van der Waals surface area contributed by atoms with E-state index in [2.05, 4.69) is 5.32 Å². The summed E-state index contributed by atoms with van der Waals surface area (Å²) in [5.74, 6) is -2.37. The number of carbonyl (C=O) groups excluding carboxylic acids is 2. The van der Waals surface area contributed by atoms with Gasteiger partial charge in [0.15, 0.2) is 15.9 Å². The molecule has 1 atom stereocenters. The quantitative estimate of drug-likeness (QED) is 0.536. The van der Waals surface area contributed by atoms with Crippen LogP contribution in [0.15, 0.2) is 53.4 Å². The molecule has 1 amide bonds. The SMILES string of the molecule is CCc1ccc(NC(=O)[C@@H](C)OC(=O)CCS(=O)(=O)c2ccc(F)cc2)cc1. The van der Waals surface area contributed by atoms with Crippen LogP contribution in [0.1, 0.15) is 25.8 Å². The van der Waals surface area contributed by atoms with Gasteiger partial charge >= 0.3 is 5.97 Å². The first-order chi connectivity index (χ1) is 13.2. The summed E-state index contributed by atoms with van der Waals surface area (Å²) in [6.45, 7) is 3.42. The lowest BCUT2D eigenvalue weighted by molar-refractivity contribution is -0.152. The van der Waals surface area contributed by atoms with Gasteiger partial charge < -0.3 is 10.1 Å². The number of hydrogen-bond acceptors (Lipinski definition) is 5. The van der Waals surface area contributed by atoms with Crippen LogP contribution >= 0.6 is 0 Å². The van der Waals surface area contributed by atoms with Crippen molar-refractivity contribution in [3.05, 3.63) is 59.9 Å². The smallest absolute Gasteiger partial charge is 0.307 e. The van der Waals surface area contributed by atoms with Crippen molar-refractivity contribution >= 4 is 27.4 Å². The van der Waals surface area contributed by atoms with Crippen molar-refractivity contribution in [2.45, 2.75) is 37.7 Å². The molecule has 0 saturated heterocycles. The number of benzene rings is 2. The van der Waals surface area contributed by atoms with Gasteiger partial charge in [-0.2, -0.15) is 0 Å². The Hall–Kier alpha value is -2.74. The summed E-state index contributed by atoms with van der Waals surface area (Å²) in [6, 6.07) is 11.6. The Bertz CT molecular complexity index is 924. The molecule has 150 valence electrons. The molecule has 0 fully saturated rings. The van der Waals surface area contributed by atoms with Crippen molar-refractivity contribution in [2.75, 3.05) is 11.1 Å².